The van der Waals surface area contributed by atoms with E-state index in [1.807, 2.05) is 30.0 Å². The fourth-order valence-electron chi connectivity index (χ4n) is 3.17. The molecule has 6 heteroatoms. The molecule has 0 spiro atoms. The Morgan fingerprint density at radius 2 is 1.85 bits per heavy atom. The van der Waals surface area contributed by atoms with Crippen molar-refractivity contribution < 1.29 is 9.59 Å². The molecule has 138 valence electrons. The Hall–Kier alpha value is -2.05. The van der Waals surface area contributed by atoms with Gasteiger partial charge in [0.05, 0.1) is 5.69 Å². The normalized spacial score (nSPS) is 15.5. The van der Waals surface area contributed by atoms with Gasteiger partial charge < -0.3 is 4.90 Å². The zero-order valence-electron chi connectivity index (χ0n) is 15.8. The number of piperazine rings is 1. The second-order valence-electron chi connectivity index (χ2n) is 6.99. The van der Waals surface area contributed by atoms with Crippen LogP contribution in [0.1, 0.15) is 46.5 Å². The third-order valence-corrected chi connectivity index (χ3v) is 6.03. The van der Waals surface area contributed by atoms with E-state index in [1.165, 1.54) is 11.3 Å². The van der Waals surface area contributed by atoms with Crippen molar-refractivity contribution in [3.8, 4) is 10.6 Å². The number of hydrogen-bond acceptors (Lipinski definition) is 5. The van der Waals surface area contributed by atoms with Gasteiger partial charge in [-0.05, 0) is 33.8 Å². The quantitative estimate of drug-likeness (QED) is 0.772. The van der Waals surface area contributed by atoms with Gasteiger partial charge in [0.1, 0.15) is 9.88 Å². The number of hydrogen-bond donors (Lipinski definition) is 0. The van der Waals surface area contributed by atoms with Gasteiger partial charge in [0, 0.05) is 43.3 Å². The van der Waals surface area contributed by atoms with Crippen LogP contribution in [0, 0.1) is 6.92 Å². The number of thiazole rings is 1. The van der Waals surface area contributed by atoms with Gasteiger partial charge in [-0.1, -0.05) is 18.2 Å². The minimum Gasteiger partial charge on any atom is -0.335 e. The second-order valence-corrected chi connectivity index (χ2v) is 7.99. The number of nitrogens with zero attached hydrogens (tertiary/aromatic N) is 3. The van der Waals surface area contributed by atoms with E-state index in [-0.39, 0.29) is 11.7 Å². The molecule has 0 saturated carbocycles. The molecule has 0 aliphatic carbocycles. The number of Topliss-reactive ketones (excluding diaryl/α,β-unsaturated/α-hetero) is 1. The molecule has 3 rings (SSSR count). The number of benzene rings is 1. The van der Waals surface area contributed by atoms with Gasteiger partial charge in [-0.2, -0.15) is 0 Å². The first kappa shape index (κ1) is 18.7. The Kier molecular flexibility index (Phi) is 5.53. The maximum absolute atomic E-state index is 12.9. The second kappa shape index (κ2) is 7.68. The smallest absolute Gasteiger partial charge is 0.265 e. The van der Waals surface area contributed by atoms with Crippen molar-refractivity contribution in [2.45, 2.75) is 33.7 Å². The third-order valence-electron chi connectivity index (χ3n) is 4.84. The lowest BCUT2D eigenvalue weighted by molar-refractivity contribution is 0.0599. The Balaban J connectivity index is 1.79. The number of aryl methyl sites for hydroxylation is 1. The topological polar surface area (TPSA) is 53.5 Å². The fraction of sp³-hybridized carbons (Fsp3) is 0.450. The van der Waals surface area contributed by atoms with E-state index < -0.39 is 0 Å². The maximum atomic E-state index is 12.9. The van der Waals surface area contributed by atoms with Gasteiger partial charge >= 0.3 is 0 Å². The molecule has 0 bridgehead atoms. The van der Waals surface area contributed by atoms with Crippen LogP contribution in [-0.2, 0) is 0 Å². The van der Waals surface area contributed by atoms with Gasteiger partial charge in [0.15, 0.2) is 5.78 Å². The Morgan fingerprint density at radius 3 is 2.46 bits per heavy atom. The highest BCUT2D eigenvalue weighted by atomic mass is 32.1. The number of amides is 1. The molecule has 2 heterocycles. The molecule has 26 heavy (non-hydrogen) atoms. The lowest BCUT2D eigenvalue weighted by Crippen LogP contribution is -2.50. The Labute approximate surface area is 158 Å². The highest BCUT2D eigenvalue weighted by molar-refractivity contribution is 7.17. The van der Waals surface area contributed by atoms with Crippen molar-refractivity contribution in [3.05, 3.63) is 40.4 Å². The van der Waals surface area contributed by atoms with Gasteiger partial charge in [-0.25, -0.2) is 4.98 Å². The summed E-state index contributed by atoms with van der Waals surface area (Å²) in [4.78, 5) is 34.2. The molecule has 1 aromatic heterocycles. The van der Waals surface area contributed by atoms with Crippen LogP contribution in [0.25, 0.3) is 10.6 Å². The molecule has 1 aromatic carbocycles. The molecule has 1 aliphatic heterocycles. The molecular formula is C20H25N3O2S. The van der Waals surface area contributed by atoms with E-state index in [1.54, 1.807) is 13.0 Å². The predicted octanol–water partition coefficient (Wildman–Crippen LogP) is 3.49. The van der Waals surface area contributed by atoms with Crippen molar-refractivity contribution >= 4 is 23.0 Å². The highest BCUT2D eigenvalue weighted by Gasteiger charge is 2.26. The summed E-state index contributed by atoms with van der Waals surface area (Å²) in [6, 6.07) is 7.94. The van der Waals surface area contributed by atoms with Crippen LogP contribution in [0.2, 0.25) is 0 Å². The minimum atomic E-state index is 0.0273. The first-order valence-corrected chi connectivity index (χ1v) is 9.80. The summed E-state index contributed by atoms with van der Waals surface area (Å²) in [6.07, 6.45) is 0. The summed E-state index contributed by atoms with van der Waals surface area (Å²) in [5.74, 6) is 0.0943. The first-order valence-electron chi connectivity index (χ1n) is 8.99. The lowest BCUT2D eigenvalue weighted by atomic mass is 10.1. The molecule has 1 amide bonds. The van der Waals surface area contributed by atoms with Crippen LogP contribution in [0.3, 0.4) is 0 Å². The summed E-state index contributed by atoms with van der Waals surface area (Å²) in [5, 5.41) is 0.787. The molecule has 1 saturated heterocycles. The van der Waals surface area contributed by atoms with Crippen molar-refractivity contribution in [1.82, 2.24) is 14.8 Å². The van der Waals surface area contributed by atoms with E-state index >= 15 is 0 Å². The van der Waals surface area contributed by atoms with Crippen LogP contribution in [0.4, 0.5) is 0 Å². The standard InChI is InChI=1S/C20H25N3O2S/c1-13(2)22-8-10-23(11-9-22)20(25)18-14(3)21-19(26-18)17-7-5-6-16(12-17)15(4)24/h5-7,12-13H,8-11H2,1-4H3. The third kappa shape index (κ3) is 3.86. The average Bonchev–Trinajstić information content (AvgIpc) is 3.03. The van der Waals surface area contributed by atoms with Crippen LogP contribution >= 0.6 is 11.3 Å². The molecular weight excluding hydrogens is 346 g/mol. The molecule has 2 aromatic rings. The van der Waals surface area contributed by atoms with E-state index in [0.29, 0.717) is 16.5 Å². The number of rotatable bonds is 4. The summed E-state index contributed by atoms with van der Waals surface area (Å²) in [7, 11) is 0. The van der Waals surface area contributed by atoms with Crippen LogP contribution < -0.4 is 0 Å². The lowest BCUT2D eigenvalue weighted by Gasteiger charge is -2.36. The molecule has 5 nitrogen and oxygen atoms in total. The summed E-state index contributed by atoms with van der Waals surface area (Å²) >= 11 is 1.41. The Bertz CT molecular complexity index is 820. The van der Waals surface area contributed by atoms with E-state index in [4.69, 9.17) is 0 Å². The van der Waals surface area contributed by atoms with Crippen LogP contribution in [0.15, 0.2) is 24.3 Å². The van der Waals surface area contributed by atoms with Crippen molar-refractivity contribution in [2.24, 2.45) is 0 Å². The van der Waals surface area contributed by atoms with E-state index in [0.717, 1.165) is 42.4 Å². The fourth-order valence-corrected chi connectivity index (χ4v) is 4.21. The molecule has 0 unspecified atom stereocenters. The molecule has 0 N–H and O–H groups in total. The predicted molar refractivity (Wildman–Crippen MR) is 105 cm³/mol. The van der Waals surface area contributed by atoms with Gasteiger partial charge in [-0.15, -0.1) is 11.3 Å². The van der Waals surface area contributed by atoms with E-state index in [2.05, 4.69) is 23.7 Å². The first-order chi connectivity index (χ1) is 12.4. The van der Waals surface area contributed by atoms with Gasteiger partial charge in [0.25, 0.3) is 5.91 Å². The molecule has 1 fully saturated rings. The van der Waals surface area contributed by atoms with Crippen LogP contribution in [0.5, 0.6) is 0 Å². The van der Waals surface area contributed by atoms with Crippen molar-refractivity contribution in [1.29, 1.82) is 0 Å². The Morgan fingerprint density at radius 1 is 1.15 bits per heavy atom. The summed E-state index contributed by atoms with van der Waals surface area (Å²) < 4.78 is 0. The number of aromatic nitrogens is 1. The monoisotopic (exact) mass is 371 g/mol. The average molecular weight is 372 g/mol. The summed E-state index contributed by atoms with van der Waals surface area (Å²) in [6.45, 7) is 11.1. The van der Waals surface area contributed by atoms with E-state index in [9.17, 15) is 9.59 Å². The molecule has 0 atom stereocenters. The molecule has 1 aliphatic rings. The summed E-state index contributed by atoms with van der Waals surface area (Å²) in [5.41, 5.74) is 2.30. The highest BCUT2D eigenvalue weighted by Crippen LogP contribution is 2.29. The SMILES string of the molecule is CC(=O)c1cccc(-c2nc(C)c(C(=O)N3CCN(C(C)C)CC3)s2)c1. The van der Waals surface area contributed by atoms with Crippen molar-refractivity contribution in [3.63, 3.8) is 0 Å². The maximum Gasteiger partial charge on any atom is 0.265 e. The number of ketones is 1. The largest absolute Gasteiger partial charge is 0.335 e. The zero-order valence-corrected chi connectivity index (χ0v) is 16.6. The van der Waals surface area contributed by atoms with Crippen molar-refractivity contribution in [2.75, 3.05) is 26.2 Å². The van der Waals surface area contributed by atoms with Gasteiger partial charge in [0.2, 0.25) is 0 Å². The van der Waals surface area contributed by atoms with Gasteiger partial charge in [-0.3, -0.25) is 14.5 Å². The zero-order chi connectivity index (χ0) is 18.8. The van der Waals surface area contributed by atoms with Crippen LogP contribution in [-0.4, -0.2) is 58.7 Å². The number of carbonyl (C=O) groups is 2. The minimum absolute atomic E-state index is 0.0273. The number of carbonyl (C=O) groups excluding carboxylic acids is 2. The molecule has 0 radical (unpaired) electrons.